The molecule has 0 spiro atoms. The van der Waals surface area contributed by atoms with Gasteiger partial charge in [0, 0.05) is 12.3 Å². The number of carbonyl (C=O) groups is 1. The van der Waals surface area contributed by atoms with Crippen molar-refractivity contribution in [1.82, 2.24) is 9.80 Å². The molecule has 66 valence electrons. The minimum absolute atomic E-state index is 0.0439. The predicted molar refractivity (Wildman–Crippen MR) is 52.9 cm³/mol. The second kappa shape index (κ2) is 2.88. The van der Waals surface area contributed by atoms with Crippen LogP contribution in [0.25, 0.3) is 0 Å². The highest BCUT2D eigenvalue weighted by atomic mass is 32.2. The molecule has 0 aromatic carbocycles. The molecular formula is C7H10N2OS2. The van der Waals surface area contributed by atoms with Crippen LogP contribution in [0.3, 0.4) is 0 Å². The van der Waals surface area contributed by atoms with Gasteiger partial charge in [-0.3, -0.25) is 9.69 Å². The summed E-state index contributed by atoms with van der Waals surface area (Å²) in [5.41, 5.74) is 0. The maximum absolute atomic E-state index is 11.6. The lowest BCUT2D eigenvalue weighted by Crippen LogP contribution is -2.32. The smallest absolute Gasteiger partial charge is 0.252 e. The number of rotatable bonds is 1. The Labute approximate surface area is 81.1 Å². The zero-order valence-corrected chi connectivity index (χ0v) is 8.45. The Balaban J connectivity index is 2.25. The number of hydrogen-bond acceptors (Lipinski definition) is 3. The molecule has 2 aliphatic rings. The van der Waals surface area contributed by atoms with E-state index in [1.54, 1.807) is 16.7 Å². The van der Waals surface area contributed by atoms with Gasteiger partial charge >= 0.3 is 0 Å². The Bertz CT molecular complexity index is 222. The monoisotopic (exact) mass is 202 g/mol. The van der Waals surface area contributed by atoms with E-state index in [1.807, 2.05) is 11.8 Å². The molecule has 2 aliphatic heterocycles. The third-order valence-corrected chi connectivity index (χ3v) is 3.69. The number of nitrogens with zero attached hydrogens (tertiary/aromatic N) is 2. The molecule has 0 aromatic heterocycles. The molecule has 0 radical (unpaired) electrons. The summed E-state index contributed by atoms with van der Waals surface area (Å²) in [5, 5.41) is 0.720. The van der Waals surface area contributed by atoms with Crippen molar-refractivity contribution in [1.29, 1.82) is 0 Å². The third kappa shape index (κ3) is 0.959. The van der Waals surface area contributed by atoms with Gasteiger partial charge in [-0.25, -0.2) is 0 Å². The number of hydrogen-bond donors (Lipinski definition) is 0. The van der Waals surface area contributed by atoms with E-state index in [0.29, 0.717) is 6.54 Å². The largest absolute Gasteiger partial charge is 0.327 e. The van der Waals surface area contributed by atoms with Gasteiger partial charge in [-0.15, -0.1) is 11.8 Å². The standard InChI is InChI=1S/C7H10N2OS2/c1-2-8-6(10)5-3-12-4-9(5)7(8)11/h5H,2-4H2,1H3. The van der Waals surface area contributed by atoms with Crippen molar-refractivity contribution in [2.75, 3.05) is 18.2 Å². The first-order chi connectivity index (χ1) is 5.75. The van der Waals surface area contributed by atoms with E-state index in [-0.39, 0.29) is 11.9 Å². The third-order valence-electron chi connectivity index (χ3n) is 2.23. The second-order valence-electron chi connectivity index (χ2n) is 2.85. The van der Waals surface area contributed by atoms with Crippen molar-refractivity contribution in [3.63, 3.8) is 0 Å². The topological polar surface area (TPSA) is 23.6 Å². The fourth-order valence-corrected chi connectivity index (χ4v) is 3.20. The van der Waals surface area contributed by atoms with E-state index in [0.717, 1.165) is 16.7 Å². The van der Waals surface area contributed by atoms with Gasteiger partial charge in [-0.1, -0.05) is 0 Å². The minimum atomic E-state index is 0.0439. The van der Waals surface area contributed by atoms with Crippen molar-refractivity contribution in [3.8, 4) is 0 Å². The predicted octanol–water partition coefficient (Wildman–Crippen LogP) is 0.508. The fourth-order valence-electron chi connectivity index (χ4n) is 1.56. The fraction of sp³-hybridized carbons (Fsp3) is 0.714. The van der Waals surface area contributed by atoms with Crippen LogP contribution < -0.4 is 0 Å². The van der Waals surface area contributed by atoms with E-state index in [1.165, 1.54) is 0 Å². The molecule has 2 saturated heterocycles. The van der Waals surface area contributed by atoms with Crippen LogP contribution in [-0.2, 0) is 4.79 Å². The van der Waals surface area contributed by atoms with E-state index in [2.05, 4.69) is 0 Å². The van der Waals surface area contributed by atoms with Gasteiger partial charge in [0.25, 0.3) is 5.91 Å². The quantitative estimate of drug-likeness (QED) is 0.578. The summed E-state index contributed by atoms with van der Waals surface area (Å²) in [6.07, 6.45) is 0. The molecule has 1 unspecified atom stereocenters. The molecule has 5 heteroatoms. The number of amides is 1. The molecule has 2 heterocycles. The first kappa shape index (κ1) is 8.31. The van der Waals surface area contributed by atoms with Crippen molar-refractivity contribution in [3.05, 3.63) is 0 Å². The van der Waals surface area contributed by atoms with E-state index in [4.69, 9.17) is 12.2 Å². The molecule has 2 rings (SSSR count). The molecule has 0 saturated carbocycles. The van der Waals surface area contributed by atoms with Gasteiger partial charge in [0.2, 0.25) is 0 Å². The first-order valence-corrected chi connectivity index (χ1v) is 5.51. The number of thioether (sulfide) groups is 1. The summed E-state index contributed by atoms with van der Waals surface area (Å²) in [4.78, 5) is 15.3. The molecule has 3 nitrogen and oxygen atoms in total. The van der Waals surface area contributed by atoms with Crippen LogP contribution in [0.15, 0.2) is 0 Å². The summed E-state index contributed by atoms with van der Waals surface area (Å²) >= 11 is 6.95. The zero-order valence-electron chi connectivity index (χ0n) is 6.82. The van der Waals surface area contributed by atoms with Crippen molar-refractivity contribution >= 4 is 35.0 Å². The van der Waals surface area contributed by atoms with Crippen LogP contribution in [0.5, 0.6) is 0 Å². The molecule has 0 aromatic rings. The lowest BCUT2D eigenvalue weighted by atomic mass is 10.3. The van der Waals surface area contributed by atoms with Crippen LogP contribution in [0.1, 0.15) is 6.92 Å². The number of thiocarbonyl (C=S) groups is 1. The molecule has 1 amide bonds. The van der Waals surface area contributed by atoms with E-state index in [9.17, 15) is 4.79 Å². The summed E-state index contributed by atoms with van der Waals surface area (Å²) in [6, 6.07) is 0.0439. The average molecular weight is 202 g/mol. The average Bonchev–Trinajstić information content (AvgIpc) is 2.58. The lowest BCUT2D eigenvalue weighted by Gasteiger charge is -2.15. The van der Waals surface area contributed by atoms with Gasteiger partial charge in [0.15, 0.2) is 5.11 Å². The number of fused-ring (bicyclic) bond motifs is 1. The van der Waals surface area contributed by atoms with Crippen LogP contribution in [-0.4, -0.2) is 45.0 Å². The minimum Gasteiger partial charge on any atom is -0.327 e. The Morgan fingerprint density at radius 3 is 3.08 bits per heavy atom. The zero-order chi connectivity index (χ0) is 8.72. The highest BCUT2D eigenvalue weighted by molar-refractivity contribution is 7.99. The second-order valence-corrected chi connectivity index (χ2v) is 4.22. The van der Waals surface area contributed by atoms with Gasteiger partial charge in [0.05, 0.1) is 5.88 Å². The molecule has 1 atom stereocenters. The highest BCUT2D eigenvalue weighted by Gasteiger charge is 2.44. The van der Waals surface area contributed by atoms with E-state index >= 15 is 0 Å². The Hall–Kier alpha value is -0.290. The van der Waals surface area contributed by atoms with Crippen LogP contribution in [0.2, 0.25) is 0 Å². The molecule has 0 N–H and O–H groups in total. The highest BCUT2D eigenvalue weighted by Crippen LogP contribution is 2.28. The van der Waals surface area contributed by atoms with Crippen LogP contribution >= 0.6 is 24.0 Å². The summed E-state index contributed by atoms with van der Waals surface area (Å²) in [7, 11) is 0. The normalized spacial score (nSPS) is 28.6. The summed E-state index contributed by atoms with van der Waals surface area (Å²) in [6.45, 7) is 2.66. The summed E-state index contributed by atoms with van der Waals surface area (Å²) in [5.74, 6) is 1.97. The van der Waals surface area contributed by atoms with Crippen molar-refractivity contribution in [2.45, 2.75) is 13.0 Å². The lowest BCUT2D eigenvalue weighted by molar-refractivity contribution is -0.127. The van der Waals surface area contributed by atoms with Crippen LogP contribution in [0.4, 0.5) is 0 Å². The number of likely N-dealkylation sites (N-methyl/N-ethyl adjacent to an activating group) is 1. The first-order valence-electron chi connectivity index (χ1n) is 3.95. The van der Waals surface area contributed by atoms with Gasteiger partial charge in [0.1, 0.15) is 6.04 Å². The van der Waals surface area contributed by atoms with E-state index < -0.39 is 0 Å². The molecular weight excluding hydrogens is 192 g/mol. The Morgan fingerprint density at radius 1 is 1.75 bits per heavy atom. The molecule has 12 heavy (non-hydrogen) atoms. The molecule has 2 fully saturated rings. The van der Waals surface area contributed by atoms with Gasteiger partial charge < -0.3 is 4.90 Å². The van der Waals surface area contributed by atoms with Gasteiger partial charge in [-0.05, 0) is 19.1 Å². The molecule has 0 bridgehead atoms. The Morgan fingerprint density at radius 2 is 2.50 bits per heavy atom. The van der Waals surface area contributed by atoms with Gasteiger partial charge in [-0.2, -0.15) is 0 Å². The van der Waals surface area contributed by atoms with Crippen LogP contribution in [0, 0.1) is 0 Å². The summed E-state index contributed by atoms with van der Waals surface area (Å²) < 4.78 is 0. The van der Waals surface area contributed by atoms with Crippen molar-refractivity contribution in [2.24, 2.45) is 0 Å². The molecule has 0 aliphatic carbocycles. The SMILES string of the molecule is CCN1C(=O)C2CSCN2C1=S. The van der Waals surface area contributed by atoms with Crippen molar-refractivity contribution < 1.29 is 4.79 Å². The number of carbonyl (C=O) groups excluding carboxylic acids is 1. The maximum Gasteiger partial charge on any atom is 0.252 e. The Kier molecular flexibility index (Phi) is 2.00. The maximum atomic E-state index is 11.6.